The van der Waals surface area contributed by atoms with Gasteiger partial charge in [-0.05, 0) is 75.9 Å². The van der Waals surface area contributed by atoms with Crippen LogP contribution in [0.4, 0.5) is 10.5 Å². The van der Waals surface area contributed by atoms with E-state index in [0.717, 1.165) is 4.90 Å². The number of imide groups is 1. The van der Waals surface area contributed by atoms with Crippen LogP contribution in [0.25, 0.3) is 0 Å². The van der Waals surface area contributed by atoms with E-state index in [1.807, 2.05) is 6.92 Å². The molecule has 1 aliphatic heterocycles. The molecule has 244 valence electrons. The molecular formula is C31H40ClN5O8. The Kier molecular flexibility index (Phi) is 12.1. The van der Waals surface area contributed by atoms with E-state index in [0.29, 0.717) is 34.7 Å². The van der Waals surface area contributed by atoms with Gasteiger partial charge >= 0.3 is 12.0 Å². The highest BCUT2D eigenvalue weighted by molar-refractivity contribution is 6.30. The first-order chi connectivity index (χ1) is 21.3. The number of esters is 1. The van der Waals surface area contributed by atoms with Crippen molar-refractivity contribution in [2.75, 3.05) is 26.8 Å². The largest absolute Gasteiger partial charge is 0.496 e. The standard InChI is InChI=1S/C31H40ClN5O8/c1-7-9-24(19-10-12-23(25(16-19)37(41)42)29(39)45-31(3,4)5)34-30(40)36-18-27(35-44-8-2)33-17-21(28(36)38)14-20-15-22(32)11-13-26(20)43-6/h10-13,15-16,21,24H,7-9,14,17-18H2,1-6H3,(H,33,35)(H,34,40)/t21-,24+/m0/s1. The number of methoxy groups -OCH3 is 1. The quantitative estimate of drug-likeness (QED) is 0.185. The lowest BCUT2D eigenvalue weighted by molar-refractivity contribution is -0.385. The zero-order valence-corrected chi connectivity index (χ0v) is 27.1. The number of benzene rings is 2. The smallest absolute Gasteiger partial charge is 0.345 e. The molecule has 2 aromatic rings. The molecule has 2 atom stereocenters. The maximum Gasteiger partial charge on any atom is 0.345 e. The van der Waals surface area contributed by atoms with Crippen molar-refractivity contribution < 1.29 is 33.6 Å². The average molecular weight is 646 g/mol. The summed E-state index contributed by atoms with van der Waals surface area (Å²) in [5, 5.41) is 22.4. The number of hydrogen-bond donors (Lipinski definition) is 2. The van der Waals surface area contributed by atoms with E-state index in [9.17, 15) is 24.5 Å². The third kappa shape index (κ3) is 9.55. The molecule has 1 heterocycles. The summed E-state index contributed by atoms with van der Waals surface area (Å²) in [5.74, 6) is -1.16. The Morgan fingerprint density at radius 3 is 2.58 bits per heavy atom. The van der Waals surface area contributed by atoms with Crippen LogP contribution in [0.5, 0.6) is 5.75 Å². The number of carbonyl (C=O) groups excluding carboxylic acids is 3. The SMILES string of the molecule is CCC[C@@H](NC(=O)N1C/C(=N/OCC)NC[C@H](Cc2cc(Cl)ccc2OC)C1=O)c1ccc(C(=O)OC(C)(C)C)c([N+](=O)[O-])c1. The van der Waals surface area contributed by atoms with Crippen LogP contribution in [-0.2, 0) is 20.8 Å². The van der Waals surface area contributed by atoms with E-state index in [4.69, 9.17) is 25.9 Å². The minimum atomic E-state index is -0.850. The highest BCUT2D eigenvalue weighted by atomic mass is 35.5. The Balaban J connectivity index is 1.94. The van der Waals surface area contributed by atoms with Crippen LogP contribution in [-0.4, -0.2) is 66.0 Å². The first-order valence-corrected chi connectivity index (χ1v) is 15.0. The van der Waals surface area contributed by atoms with E-state index in [-0.39, 0.29) is 37.5 Å². The van der Waals surface area contributed by atoms with Gasteiger partial charge in [0.15, 0.2) is 5.84 Å². The molecule has 3 amide bonds. The lowest BCUT2D eigenvalue weighted by Gasteiger charge is -2.26. The summed E-state index contributed by atoms with van der Waals surface area (Å²) in [4.78, 5) is 57.9. The Labute approximate surface area is 267 Å². The number of amidine groups is 1. The highest BCUT2D eigenvalue weighted by Crippen LogP contribution is 2.29. The Bertz CT molecular complexity index is 1440. The van der Waals surface area contributed by atoms with Gasteiger partial charge in [-0.2, -0.15) is 0 Å². The molecule has 1 fully saturated rings. The topological polar surface area (TPSA) is 162 Å². The van der Waals surface area contributed by atoms with Crippen molar-refractivity contribution in [1.82, 2.24) is 15.5 Å². The van der Waals surface area contributed by atoms with E-state index < -0.39 is 46.1 Å². The number of urea groups is 1. The fourth-order valence-corrected chi connectivity index (χ4v) is 4.99. The molecule has 0 saturated carbocycles. The number of amides is 3. The van der Waals surface area contributed by atoms with E-state index >= 15 is 0 Å². The molecule has 0 unspecified atom stereocenters. The second kappa shape index (κ2) is 15.6. The zero-order chi connectivity index (χ0) is 33.3. The second-order valence-electron chi connectivity index (χ2n) is 11.4. The highest BCUT2D eigenvalue weighted by Gasteiger charge is 2.35. The van der Waals surface area contributed by atoms with Crippen molar-refractivity contribution in [3.63, 3.8) is 0 Å². The minimum absolute atomic E-state index is 0.168. The molecular weight excluding hydrogens is 606 g/mol. The number of oxime groups is 1. The second-order valence-corrected chi connectivity index (χ2v) is 11.9. The van der Waals surface area contributed by atoms with Crippen molar-refractivity contribution in [2.24, 2.45) is 11.1 Å². The average Bonchev–Trinajstić information content (AvgIpc) is 3.13. The maximum absolute atomic E-state index is 13.9. The van der Waals surface area contributed by atoms with Gasteiger partial charge < -0.3 is 24.9 Å². The molecule has 0 radical (unpaired) electrons. The van der Waals surface area contributed by atoms with Gasteiger partial charge in [-0.25, -0.2) is 9.59 Å². The predicted octanol–water partition coefficient (Wildman–Crippen LogP) is 5.40. The van der Waals surface area contributed by atoms with Crippen LogP contribution >= 0.6 is 11.6 Å². The summed E-state index contributed by atoms with van der Waals surface area (Å²) in [7, 11) is 1.52. The minimum Gasteiger partial charge on any atom is -0.496 e. The van der Waals surface area contributed by atoms with Crippen molar-refractivity contribution in [3.05, 3.63) is 68.2 Å². The summed E-state index contributed by atoms with van der Waals surface area (Å²) in [6.45, 7) is 8.91. The zero-order valence-electron chi connectivity index (χ0n) is 26.3. The summed E-state index contributed by atoms with van der Waals surface area (Å²) in [5.41, 5.74) is -0.416. The molecule has 0 aliphatic carbocycles. The molecule has 14 heteroatoms. The number of rotatable bonds is 11. The number of carbonyl (C=O) groups is 3. The summed E-state index contributed by atoms with van der Waals surface area (Å²) in [6.07, 6.45) is 1.23. The van der Waals surface area contributed by atoms with Crippen molar-refractivity contribution in [2.45, 2.75) is 65.5 Å². The number of hydrogen-bond acceptors (Lipinski definition) is 9. The van der Waals surface area contributed by atoms with Gasteiger partial charge in [0.25, 0.3) is 5.69 Å². The summed E-state index contributed by atoms with van der Waals surface area (Å²) in [6, 6.07) is 7.78. The molecule has 45 heavy (non-hydrogen) atoms. The summed E-state index contributed by atoms with van der Waals surface area (Å²) < 4.78 is 10.8. The fraction of sp³-hybridized carbons (Fsp3) is 0.484. The fourth-order valence-electron chi connectivity index (χ4n) is 4.80. The van der Waals surface area contributed by atoms with Gasteiger partial charge in [0, 0.05) is 17.6 Å². The van der Waals surface area contributed by atoms with Crippen molar-refractivity contribution in [3.8, 4) is 5.75 Å². The Hall–Kier alpha value is -4.39. The van der Waals surface area contributed by atoms with Gasteiger partial charge in [0.05, 0.1) is 30.5 Å². The van der Waals surface area contributed by atoms with Gasteiger partial charge in [-0.1, -0.05) is 36.2 Å². The third-order valence-electron chi connectivity index (χ3n) is 6.85. The van der Waals surface area contributed by atoms with Crippen LogP contribution in [0, 0.1) is 16.0 Å². The van der Waals surface area contributed by atoms with Gasteiger partial charge in [-0.3, -0.25) is 19.8 Å². The Morgan fingerprint density at radius 1 is 1.22 bits per heavy atom. The number of nitrogens with zero attached hydrogens (tertiary/aromatic N) is 3. The molecule has 3 rings (SSSR count). The molecule has 0 bridgehead atoms. The van der Waals surface area contributed by atoms with Crippen LogP contribution < -0.4 is 15.4 Å². The maximum atomic E-state index is 13.9. The molecule has 2 aromatic carbocycles. The van der Waals surface area contributed by atoms with Crippen molar-refractivity contribution >= 4 is 41.0 Å². The first kappa shape index (κ1) is 35.1. The van der Waals surface area contributed by atoms with Crippen LogP contribution in [0.3, 0.4) is 0 Å². The number of nitro benzene ring substituents is 1. The third-order valence-corrected chi connectivity index (χ3v) is 7.08. The number of nitrogens with one attached hydrogen (secondary N) is 2. The van der Waals surface area contributed by atoms with Crippen LogP contribution in [0.2, 0.25) is 5.02 Å². The molecule has 1 aliphatic rings. The van der Waals surface area contributed by atoms with Crippen LogP contribution in [0.15, 0.2) is 41.6 Å². The normalized spacial score (nSPS) is 16.8. The summed E-state index contributed by atoms with van der Waals surface area (Å²) >= 11 is 6.22. The molecule has 0 spiro atoms. The van der Waals surface area contributed by atoms with E-state index in [1.54, 1.807) is 45.9 Å². The lowest BCUT2D eigenvalue weighted by atomic mass is 9.97. The van der Waals surface area contributed by atoms with E-state index in [2.05, 4.69) is 15.8 Å². The number of nitro groups is 1. The number of ether oxygens (including phenoxy) is 2. The molecule has 0 aromatic heterocycles. The number of halogens is 1. The van der Waals surface area contributed by atoms with Crippen LogP contribution in [0.1, 0.15) is 75.0 Å². The first-order valence-electron chi connectivity index (χ1n) is 14.7. The van der Waals surface area contributed by atoms with E-state index in [1.165, 1.54) is 25.3 Å². The predicted molar refractivity (Wildman–Crippen MR) is 168 cm³/mol. The molecule has 13 nitrogen and oxygen atoms in total. The van der Waals surface area contributed by atoms with Gasteiger partial charge in [0.2, 0.25) is 5.91 Å². The van der Waals surface area contributed by atoms with Crippen molar-refractivity contribution in [1.29, 1.82) is 0 Å². The molecule has 1 saturated heterocycles. The molecule has 2 N–H and O–H groups in total. The lowest BCUT2D eigenvalue weighted by Crippen LogP contribution is -2.48. The Morgan fingerprint density at radius 2 is 1.96 bits per heavy atom. The van der Waals surface area contributed by atoms with Gasteiger partial charge in [0.1, 0.15) is 23.5 Å². The monoisotopic (exact) mass is 645 g/mol. The van der Waals surface area contributed by atoms with Gasteiger partial charge in [-0.15, -0.1) is 0 Å².